The number of piperazine rings is 1. The third-order valence-corrected chi connectivity index (χ3v) is 13.5. The molecule has 0 bridgehead atoms. The summed E-state index contributed by atoms with van der Waals surface area (Å²) in [7, 11) is -1.76. The number of rotatable bonds is 10. The summed E-state index contributed by atoms with van der Waals surface area (Å²) in [6.07, 6.45) is 0.487. The summed E-state index contributed by atoms with van der Waals surface area (Å²) in [6, 6.07) is 20.7. The van der Waals surface area contributed by atoms with E-state index in [-0.39, 0.29) is 11.6 Å². The lowest BCUT2D eigenvalue weighted by Gasteiger charge is -2.38. The van der Waals surface area contributed by atoms with Crippen molar-refractivity contribution in [3.05, 3.63) is 71.9 Å². The second-order valence-electron chi connectivity index (χ2n) is 13.1. The highest BCUT2D eigenvalue weighted by molar-refractivity contribution is 6.74. The van der Waals surface area contributed by atoms with E-state index >= 15 is 0 Å². The molecule has 1 aliphatic heterocycles. The van der Waals surface area contributed by atoms with E-state index in [1.165, 1.54) is 0 Å². The summed E-state index contributed by atoms with van der Waals surface area (Å²) in [6.45, 7) is 19.8. The Balaban J connectivity index is 1.43. The molecule has 0 unspecified atom stereocenters. The number of benzene rings is 2. The Morgan fingerprint density at radius 1 is 0.956 bits per heavy atom. The minimum absolute atomic E-state index is 0.217. The largest absolute Gasteiger partial charge is 0.467 e. The van der Waals surface area contributed by atoms with Crippen molar-refractivity contribution >= 4 is 26.3 Å². The smallest absolute Gasteiger partial charge is 0.293 e. The standard InChI is InChI=1S/C36H45N5O3Si/c1-28-34(30-15-8-7-9-16-30)35-37-32(31-17-12-14-29(25-31)13-10-11-23-43-27-42)26-33(41(35)38-28)40-20-18-39(19-21-40)22-24-44-45(5,6)36(2,3)4/h7-9,12,14-17,25-27H,11,18-24H2,1-6H3. The van der Waals surface area contributed by atoms with Crippen molar-refractivity contribution in [3.8, 4) is 34.2 Å². The molecular weight excluding hydrogens is 579 g/mol. The lowest BCUT2D eigenvalue weighted by molar-refractivity contribution is -0.128. The van der Waals surface area contributed by atoms with Gasteiger partial charge >= 0.3 is 0 Å². The number of nitrogens with zero attached hydrogens (tertiary/aromatic N) is 5. The van der Waals surface area contributed by atoms with E-state index in [1.807, 2.05) is 22.7 Å². The van der Waals surface area contributed by atoms with Gasteiger partial charge in [0.05, 0.1) is 11.4 Å². The molecule has 0 aliphatic carbocycles. The monoisotopic (exact) mass is 623 g/mol. The molecule has 1 fully saturated rings. The summed E-state index contributed by atoms with van der Waals surface area (Å²) in [5.41, 5.74) is 6.71. The van der Waals surface area contributed by atoms with Crippen molar-refractivity contribution in [3.63, 3.8) is 0 Å². The number of ether oxygens (including phenoxy) is 1. The van der Waals surface area contributed by atoms with E-state index in [0.717, 1.165) is 84.4 Å². The average Bonchev–Trinajstić information content (AvgIpc) is 3.36. The Kier molecular flexibility index (Phi) is 10.1. The van der Waals surface area contributed by atoms with E-state index in [4.69, 9.17) is 19.2 Å². The quantitative estimate of drug-likeness (QED) is 0.0873. The van der Waals surface area contributed by atoms with Crippen molar-refractivity contribution in [1.82, 2.24) is 19.5 Å². The fourth-order valence-electron chi connectivity index (χ4n) is 5.35. The van der Waals surface area contributed by atoms with Crippen LogP contribution in [0, 0.1) is 18.8 Å². The zero-order chi connectivity index (χ0) is 32.0. The van der Waals surface area contributed by atoms with E-state index < -0.39 is 8.32 Å². The van der Waals surface area contributed by atoms with Crippen molar-refractivity contribution in [2.75, 3.05) is 50.8 Å². The highest BCUT2D eigenvalue weighted by Crippen LogP contribution is 2.36. The van der Waals surface area contributed by atoms with Crippen LogP contribution in [0.15, 0.2) is 60.7 Å². The predicted molar refractivity (Wildman–Crippen MR) is 184 cm³/mol. The van der Waals surface area contributed by atoms with Crippen LogP contribution in [0.3, 0.4) is 0 Å². The van der Waals surface area contributed by atoms with Gasteiger partial charge in [0.1, 0.15) is 12.4 Å². The first-order valence-electron chi connectivity index (χ1n) is 15.8. The Morgan fingerprint density at radius 3 is 2.40 bits per heavy atom. The predicted octanol–water partition coefficient (Wildman–Crippen LogP) is 6.43. The summed E-state index contributed by atoms with van der Waals surface area (Å²) in [4.78, 5) is 20.6. The first-order valence-corrected chi connectivity index (χ1v) is 18.7. The minimum atomic E-state index is -1.76. The topological polar surface area (TPSA) is 72.2 Å². The third-order valence-electron chi connectivity index (χ3n) is 8.98. The molecule has 0 saturated carbocycles. The molecule has 4 aromatic rings. The van der Waals surface area contributed by atoms with Crippen molar-refractivity contribution in [2.45, 2.75) is 52.2 Å². The van der Waals surface area contributed by atoms with Gasteiger partial charge in [-0.3, -0.25) is 9.69 Å². The molecule has 0 N–H and O–H groups in total. The van der Waals surface area contributed by atoms with Crippen LogP contribution >= 0.6 is 0 Å². The first-order chi connectivity index (χ1) is 21.6. The molecule has 0 amide bonds. The van der Waals surface area contributed by atoms with Crippen molar-refractivity contribution < 1.29 is 14.0 Å². The summed E-state index contributed by atoms with van der Waals surface area (Å²) >= 11 is 0. The molecule has 236 valence electrons. The van der Waals surface area contributed by atoms with E-state index in [2.05, 4.69) is 105 Å². The lowest BCUT2D eigenvalue weighted by Crippen LogP contribution is -2.49. The van der Waals surface area contributed by atoms with Gasteiger partial charge < -0.3 is 14.1 Å². The molecule has 3 heterocycles. The number of aromatic nitrogens is 3. The van der Waals surface area contributed by atoms with Gasteiger partial charge in [0.15, 0.2) is 14.0 Å². The van der Waals surface area contributed by atoms with Crippen LogP contribution in [0.25, 0.3) is 28.0 Å². The van der Waals surface area contributed by atoms with Gasteiger partial charge in [0.25, 0.3) is 6.47 Å². The van der Waals surface area contributed by atoms with E-state index in [0.29, 0.717) is 12.9 Å². The minimum Gasteiger partial charge on any atom is -0.467 e. The molecule has 2 aromatic carbocycles. The molecule has 1 saturated heterocycles. The second kappa shape index (κ2) is 14.0. The van der Waals surface area contributed by atoms with Gasteiger partial charge in [-0.2, -0.15) is 9.61 Å². The maximum Gasteiger partial charge on any atom is 0.293 e. The first kappa shape index (κ1) is 32.4. The number of hydrogen-bond donors (Lipinski definition) is 0. The number of carbonyl (C=O) groups is 1. The van der Waals surface area contributed by atoms with E-state index in [9.17, 15) is 4.79 Å². The van der Waals surface area contributed by atoms with Crippen LogP contribution < -0.4 is 4.90 Å². The number of aryl methyl sites for hydroxylation is 1. The number of anilines is 1. The number of hydrogen-bond acceptors (Lipinski definition) is 7. The Hall–Kier alpha value is -3.97. The SMILES string of the molecule is Cc1nn2c(N3CCN(CCO[Si](C)(C)C(C)(C)C)CC3)cc(-c3cccc(C#CCCOC=O)c3)nc2c1-c1ccccc1. The van der Waals surface area contributed by atoms with Crippen molar-refractivity contribution in [2.24, 2.45) is 0 Å². The molecule has 8 nitrogen and oxygen atoms in total. The maximum absolute atomic E-state index is 10.4. The highest BCUT2D eigenvalue weighted by atomic mass is 28.4. The molecule has 45 heavy (non-hydrogen) atoms. The zero-order valence-corrected chi connectivity index (χ0v) is 28.5. The van der Waals surface area contributed by atoms with Gasteiger partial charge in [0, 0.05) is 68.5 Å². The fourth-order valence-corrected chi connectivity index (χ4v) is 6.38. The third kappa shape index (κ3) is 7.64. The average molecular weight is 624 g/mol. The summed E-state index contributed by atoms with van der Waals surface area (Å²) < 4.78 is 13.3. The van der Waals surface area contributed by atoms with Crippen LogP contribution in [0.1, 0.15) is 38.4 Å². The molecular formula is C36H45N5O3Si. The van der Waals surface area contributed by atoms with Gasteiger partial charge in [-0.15, -0.1) is 0 Å². The van der Waals surface area contributed by atoms with Gasteiger partial charge in [-0.25, -0.2) is 4.98 Å². The molecule has 0 atom stereocenters. The molecule has 1 aliphatic rings. The molecule has 0 spiro atoms. The Labute approximate surface area is 268 Å². The fraction of sp³-hybridized carbons (Fsp3) is 0.417. The summed E-state index contributed by atoms with van der Waals surface area (Å²) in [5, 5.41) is 5.24. The molecule has 0 radical (unpaired) electrons. The second-order valence-corrected chi connectivity index (χ2v) is 17.9. The van der Waals surface area contributed by atoms with Crippen molar-refractivity contribution in [1.29, 1.82) is 0 Å². The van der Waals surface area contributed by atoms with Crippen LogP contribution in [-0.4, -0.2) is 80.2 Å². The number of fused-ring (bicyclic) bond motifs is 1. The van der Waals surface area contributed by atoms with Gasteiger partial charge in [-0.05, 0) is 42.8 Å². The van der Waals surface area contributed by atoms with Crippen LogP contribution in [0.4, 0.5) is 5.82 Å². The van der Waals surface area contributed by atoms with Gasteiger partial charge in [-0.1, -0.05) is 75.1 Å². The van der Waals surface area contributed by atoms with E-state index in [1.54, 1.807) is 0 Å². The van der Waals surface area contributed by atoms with Crippen LogP contribution in [0.2, 0.25) is 18.1 Å². The highest BCUT2D eigenvalue weighted by Gasteiger charge is 2.37. The number of carbonyl (C=O) groups excluding carboxylic acids is 1. The molecule has 5 rings (SSSR count). The maximum atomic E-state index is 10.4. The Bertz CT molecular complexity index is 1680. The molecule has 9 heteroatoms. The normalized spacial score (nSPS) is 14.3. The Morgan fingerprint density at radius 2 is 1.69 bits per heavy atom. The molecule has 2 aromatic heterocycles. The van der Waals surface area contributed by atoms with Crippen LogP contribution in [0.5, 0.6) is 0 Å². The van der Waals surface area contributed by atoms with Crippen LogP contribution in [-0.2, 0) is 14.0 Å². The van der Waals surface area contributed by atoms with Gasteiger partial charge in [0.2, 0.25) is 0 Å². The lowest BCUT2D eigenvalue weighted by atomic mass is 10.1. The zero-order valence-electron chi connectivity index (χ0n) is 27.5. The summed E-state index contributed by atoms with van der Waals surface area (Å²) in [5.74, 6) is 7.32.